The number of nitrogens with one attached hydrogen (secondary N) is 2. The van der Waals surface area contributed by atoms with Gasteiger partial charge >= 0.3 is 0 Å². The molecule has 3 heterocycles. The summed E-state index contributed by atoms with van der Waals surface area (Å²) in [5, 5.41) is 10.6. The lowest BCUT2D eigenvalue weighted by molar-refractivity contribution is -0.139. The maximum atomic E-state index is 13.1. The highest BCUT2D eigenvalue weighted by Crippen LogP contribution is 2.29. The Kier molecular flexibility index (Phi) is 6.43. The molecule has 3 aliphatic rings. The minimum Gasteiger partial charge on any atom is -0.381 e. The fourth-order valence-electron chi connectivity index (χ4n) is 4.72. The van der Waals surface area contributed by atoms with Gasteiger partial charge in [-0.15, -0.1) is 0 Å². The number of hydrogen-bond donors (Lipinski definition) is 2. The van der Waals surface area contributed by atoms with Gasteiger partial charge in [0.15, 0.2) is 0 Å². The third kappa shape index (κ3) is 4.47. The molecule has 3 fully saturated rings. The summed E-state index contributed by atoms with van der Waals surface area (Å²) in [5.74, 6) is 1.13. The number of methoxy groups -OCH3 is 1. The minimum absolute atomic E-state index is 0.0644. The van der Waals surface area contributed by atoms with Gasteiger partial charge < -0.3 is 24.6 Å². The molecule has 9 heteroatoms. The topological polar surface area (TPSA) is 95.6 Å². The molecule has 3 atom stereocenters. The second-order valence-electron chi connectivity index (χ2n) is 8.07. The lowest BCUT2D eigenvalue weighted by Crippen LogP contribution is -2.54. The Morgan fingerprint density at radius 2 is 2.00 bits per heavy atom. The zero-order valence-electron chi connectivity index (χ0n) is 16.7. The molecule has 1 amide bonds. The van der Waals surface area contributed by atoms with Crippen LogP contribution in [0.15, 0.2) is 6.33 Å². The molecule has 4 rings (SSSR count). The van der Waals surface area contributed by atoms with Gasteiger partial charge in [-0.1, -0.05) is 0 Å². The normalized spacial score (nSPS) is 29.8. The van der Waals surface area contributed by atoms with Crippen LogP contribution in [0.3, 0.4) is 0 Å². The number of amides is 1. The molecule has 28 heavy (non-hydrogen) atoms. The van der Waals surface area contributed by atoms with Crippen molar-refractivity contribution in [2.75, 3.05) is 51.4 Å². The monoisotopic (exact) mass is 392 g/mol. The third-order valence-electron chi connectivity index (χ3n) is 6.41. The van der Waals surface area contributed by atoms with Crippen LogP contribution in [0.2, 0.25) is 0 Å². The highest BCUT2D eigenvalue weighted by atomic mass is 16.5. The van der Waals surface area contributed by atoms with Crippen molar-refractivity contribution in [3.05, 3.63) is 6.33 Å². The molecule has 1 aromatic heterocycles. The SMILES string of the molecule is CO[C@H]1C[C@@H](C(=O)N2CCN(c3ncn[nH]3)CC2)CC[C@@H]1NC1CCOCC1. The van der Waals surface area contributed by atoms with E-state index in [1.807, 2.05) is 4.90 Å². The summed E-state index contributed by atoms with van der Waals surface area (Å²) < 4.78 is 11.2. The van der Waals surface area contributed by atoms with Crippen molar-refractivity contribution in [2.45, 2.75) is 50.3 Å². The quantitative estimate of drug-likeness (QED) is 0.749. The lowest BCUT2D eigenvalue weighted by atomic mass is 9.82. The van der Waals surface area contributed by atoms with Crippen LogP contribution < -0.4 is 10.2 Å². The summed E-state index contributed by atoms with van der Waals surface area (Å²) >= 11 is 0. The number of carbonyl (C=O) groups is 1. The van der Waals surface area contributed by atoms with E-state index in [0.29, 0.717) is 12.1 Å². The van der Waals surface area contributed by atoms with Gasteiger partial charge in [0.25, 0.3) is 0 Å². The molecule has 156 valence electrons. The molecular formula is C19H32N6O3. The van der Waals surface area contributed by atoms with Crippen molar-refractivity contribution in [3.63, 3.8) is 0 Å². The van der Waals surface area contributed by atoms with Gasteiger partial charge in [-0.25, -0.2) is 5.10 Å². The Balaban J connectivity index is 1.27. The average Bonchev–Trinajstić information content (AvgIpc) is 3.29. The average molecular weight is 393 g/mol. The van der Waals surface area contributed by atoms with Crippen LogP contribution in [0.4, 0.5) is 5.95 Å². The van der Waals surface area contributed by atoms with Crippen molar-refractivity contribution in [2.24, 2.45) is 5.92 Å². The van der Waals surface area contributed by atoms with Gasteiger partial charge in [0, 0.05) is 64.5 Å². The fraction of sp³-hybridized carbons (Fsp3) is 0.842. The molecule has 1 aliphatic carbocycles. The van der Waals surface area contributed by atoms with E-state index in [2.05, 4.69) is 25.4 Å². The minimum atomic E-state index is 0.0644. The van der Waals surface area contributed by atoms with Gasteiger partial charge in [-0.05, 0) is 32.1 Å². The zero-order chi connectivity index (χ0) is 19.3. The molecule has 2 N–H and O–H groups in total. The smallest absolute Gasteiger partial charge is 0.225 e. The molecule has 0 bridgehead atoms. The molecule has 1 aromatic rings. The number of ether oxygens (including phenoxy) is 2. The second-order valence-corrected chi connectivity index (χ2v) is 8.07. The Morgan fingerprint density at radius 3 is 2.68 bits per heavy atom. The van der Waals surface area contributed by atoms with Crippen molar-refractivity contribution < 1.29 is 14.3 Å². The number of piperazine rings is 1. The molecule has 1 saturated carbocycles. The highest BCUT2D eigenvalue weighted by Gasteiger charge is 2.37. The van der Waals surface area contributed by atoms with E-state index < -0.39 is 0 Å². The van der Waals surface area contributed by atoms with E-state index in [0.717, 1.165) is 77.4 Å². The van der Waals surface area contributed by atoms with Crippen molar-refractivity contribution >= 4 is 11.9 Å². The largest absolute Gasteiger partial charge is 0.381 e. The first-order valence-electron chi connectivity index (χ1n) is 10.5. The molecular weight excluding hydrogens is 360 g/mol. The van der Waals surface area contributed by atoms with Gasteiger partial charge in [0.2, 0.25) is 11.9 Å². The van der Waals surface area contributed by atoms with Gasteiger partial charge in [-0.3, -0.25) is 4.79 Å². The van der Waals surface area contributed by atoms with Crippen LogP contribution in [0.5, 0.6) is 0 Å². The summed E-state index contributed by atoms with van der Waals surface area (Å²) in [4.78, 5) is 21.4. The molecule has 2 saturated heterocycles. The number of anilines is 1. The van der Waals surface area contributed by atoms with Gasteiger partial charge in [-0.2, -0.15) is 10.1 Å². The molecule has 9 nitrogen and oxygen atoms in total. The first-order valence-corrected chi connectivity index (χ1v) is 10.5. The second kappa shape index (κ2) is 9.19. The third-order valence-corrected chi connectivity index (χ3v) is 6.41. The summed E-state index contributed by atoms with van der Waals surface area (Å²) in [5.41, 5.74) is 0. The Morgan fingerprint density at radius 1 is 1.21 bits per heavy atom. The van der Waals surface area contributed by atoms with E-state index in [1.165, 1.54) is 6.33 Å². The number of hydrogen-bond acceptors (Lipinski definition) is 7. The van der Waals surface area contributed by atoms with E-state index in [1.54, 1.807) is 7.11 Å². The number of aromatic amines is 1. The molecule has 0 aromatic carbocycles. The Labute approximate surface area is 166 Å². The van der Waals surface area contributed by atoms with E-state index in [-0.39, 0.29) is 17.9 Å². The molecule has 0 unspecified atom stereocenters. The van der Waals surface area contributed by atoms with E-state index >= 15 is 0 Å². The highest BCUT2D eigenvalue weighted by molar-refractivity contribution is 5.79. The maximum absolute atomic E-state index is 13.1. The van der Waals surface area contributed by atoms with Crippen molar-refractivity contribution in [3.8, 4) is 0 Å². The summed E-state index contributed by atoms with van der Waals surface area (Å²) in [6, 6.07) is 0.841. The Bertz CT molecular complexity index is 613. The van der Waals surface area contributed by atoms with Crippen LogP contribution in [-0.4, -0.2) is 90.7 Å². The first-order chi connectivity index (χ1) is 13.7. The maximum Gasteiger partial charge on any atom is 0.225 e. The standard InChI is InChI=1S/C19H32N6O3/c1-27-17-12-14(2-3-16(17)22-15-4-10-28-11-5-15)18(26)24-6-8-25(9-7-24)19-20-13-21-23-19/h13-17,22H,2-12H2,1H3,(H,20,21,23)/t14-,16-,17-/m0/s1. The number of carbonyl (C=O) groups excluding carboxylic acids is 1. The summed E-state index contributed by atoms with van der Waals surface area (Å²) in [7, 11) is 1.77. The number of rotatable bonds is 5. The predicted octanol–water partition coefficient (Wildman–Crippen LogP) is 0.406. The number of H-pyrrole nitrogens is 1. The summed E-state index contributed by atoms with van der Waals surface area (Å²) in [6.45, 7) is 4.71. The molecule has 2 aliphatic heterocycles. The van der Waals surface area contributed by atoms with Gasteiger partial charge in [0.05, 0.1) is 6.10 Å². The van der Waals surface area contributed by atoms with Gasteiger partial charge in [0.1, 0.15) is 6.33 Å². The van der Waals surface area contributed by atoms with Crippen molar-refractivity contribution in [1.29, 1.82) is 0 Å². The van der Waals surface area contributed by atoms with Crippen LogP contribution in [-0.2, 0) is 14.3 Å². The van der Waals surface area contributed by atoms with E-state index in [9.17, 15) is 4.79 Å². The number of nitrogens with zero attached hydrogens (tertiary/aromatic N) is 4. The number of aromatic nitrogens is 3. The molecule has 0 spiro atoms. The zero-order valence-corrected chi connectivity index (χ0v) is 16.7. The van der Waals surface area contributed by atoms with Crippen LogP contribution >= 0.6 is 0 Å². The van der Waals surface area contributed by atoms with Crippen LogP contribution in [0.1, 0.15) is 32.1 Å². The van der Waals surface area contributed by atoms with Crippen LogP contribution in [0, 0.1) is 5.92 Å². The fourth-order valence-corrected chi connectivity index (χ4v) is 4.72. The lowest BCUT2D eigenvalue weighted by Gasteiger charge is -2.41. The van der Waals surface area contributed by atoms with E-state index in [4.69, 9.17) is 9.47 Å². The first kappa shape index (κ1) is 19.6. The summed E-state index contributed by atoms with van der Waals surface area (Å²) in [6.07, 6.45) is 6.46. The Hall–Kier alpha value is -1.71. The van der Waals surface area contributed by atoms with Crippen molar-refractivity contribution in [1.82, 2.24) is 25.4 Å². The predicted molar refractivity (Wildman–Crippen MR) is 104 cm³/mol. The molecule has 0 radical (unpaired) electrons. The van der Waals surface area contributed by atoms with Crippen LogP contribution in [0.25, 0.3) is 0 Å².